The van der Waals surface area contributed by atoms with Crippen molar-refractivity contribution in [2.75, 3.05) is 11.9 Å². The normalized spacial score (nSPS) is 10.8. The molecule has 0 fully saturated rings. The highest BCUT2D eigenvalue weighted by atomic mass is 16.5. The summed E-state index contributed by atoms with van der Waals surface area (Å²) in [7, 11) is 0. The van der Waals surface area contributed by atoms with Crippen LogP contribution in [0.3, 0.4) is 0 Å². The first-order valence-corrected chi connectivity index (χ1v) is 10.7. The van der Waals surface area contributed by atoms with Gasteiger partial charge in [0.1, 0.15) is 0 Å². The number of ether oxygens (including phenoxy) is 1. The molecule has 0 aliphatic carbocycles. The summed E-state index contributed by atoms with van der Waals surface area (Å²) >= 11 is 0. The summed E-state index contributed by atoms with van der Waals surface area (Å²) in [5.74, 6) is 0.768. The van der Waals surface area contributed by atoms with Crippen molar-refractivity contribution in [3.05, 3.63) is 54.1 Å². The van der Waals surface area contributed by atoms with Gasteiger partial charge in [-0.1, -0.05) is 56.0 Å². The third-order valence-corrected chi connectivity index (χ3v) is 4.82. The quantitative estimate of drug-likeness (QED) is 0.448. The standard InChI is InChI=1S/C24H30N4O2/c1-4-6-7-8-9-22(29)25-20-14-16-21(17-15-20)28-23(26-24(27-28)30-5-2)19-12-10-18(3)11-13-19/h10-17H,4-9H2,1-3H3,(H,25,29). The highest BCUT2D eigenvalue weighted by Crippen LogP contribution is 2.25. The summed E-state index contributed by atoms with van der Waals surface area (Å²) in [6, 6.07) is 16.1. The second kappa shape index (κ2) is 10.6. The van der Waals surface area contributed by atoms with E-state index in [1.807, 2.05) is 55.5 Å². The number of hydrogen-bond acceptors (Lipinski definition) is 4. The summed E-state index contributed by atoms with van der Waals surface area (Å²) in [4.78, 5) is 16.7. The van der Waals surface area contributed by atoms with E-state index in [9.17, 15) is 4.79 Å². The number of amides is 1. The van der Waals surface area contributed by atoms with Crippen molar-refractivity contribution in [1.29, 1.82) is 0 Å². The van der Waals surface area contributed by atoms with Gasteiger partial charge in [-0.15, -0.1) is 5.10 Å². The Morgan fingerprint density at radius 1 is 1.00 bits per heavy atom. The maximum atomic E-state index is 12.1. The van der Waals surface area contributed by atoms with Crippen molar-refractivity contribution < 1.29 is 9.53 Å². The molecule has 2 aromatic carbocycles. The van der Waals surface area contributed by atoms with Crippen LogP contribution in [0.4, 0.5) is 5.69 Å². The molecule has 0 saturated heterocycles. The van der Waals surface area contributed by atoms with Gasteiger partial charge in [-0.3, -0.25) is 4.79 Å². The van der Waals surface area contributed by atoms with Crippen molar-refractivity contribution >= 4 is 11.6 Å². The molecule has 158 valence electrons. The highest BCUT2D eigenvalue weighted by molar-refractivity contribution is 5.90. The molecule has 30 heavy (non-hydrogen) atoms. The van der Waals surface area contributed by atoms with Crippen molar-refractivity contribution in [2.45, 2.75) is 52.9 Å². The van der Waals surface area contributed by atoms with E-state index in [0.29, 0.717) is 24.9 Å². The van der Waals surface area contributed by atoms with Gasteiger partial charge in [-0.25, -0.2) is 4.68 Å². The van der Waals surface area contributed by atoms with Gasteiger partial charge in [0.25, 0.3) is 0 Å². The molecule has 0 radical (unpaired) electrons. The Kier molecular flexibility index (Phi) is 7.60. The SMILES string of the molecule is CCCCCCC(=O)Nc1ccc(-n2nc(OCC)nc2-c2ccc(C)cc2)cc1. The number of aromatic nitrogens is 3. The Morgan fingerprint density at radius 2 is 1.73 bits per heavy atom. The van der Waals surface area contributed by atoms with Crippen LogP contribution in [-0.4, -0.2) is 27.3 Å². The molecule has 3 aromatic rings. The number of nitrogens with one attached hydrogen (secondary N) is 1. The fraction of sp³-hybridized carbons (Fsp3) is 0.375. The Hall–Kier alpha value is -3.15. The second-order valence-corrected chi connectivity index (χ2v) is 7.33. The van der Waals surface area contributed by atoms with Gasteiger partial charge in [0, 0.05) is 17.7 Å². The number of unbranched alkanes of at least 4 members (excludes halogenated alkanes) is 3. The molecule has 1 aromatic heterocycles. The average Bonchev–Trinajstić information content (AvgIpc) is 3.16. The first-order chi connectivity index (χ1) is 14.6. The zero-order valence-electron chi connectivity index (χ0n) is 18.0. The molecule has 0 bridgehead atoms. The number of carbonyl (C=O) groups excluding carboxylic acids is 1. The Labute approximate surface area is 178 Å². The monoisotopic (exact) mass is 406 g/mol. The van der Waals surface area contributed by atoms with Crippen LogP contribution in [0.15, 0.2) is 48.5 Å². The van der Waals surface area contributed by atoms with Gasteiger partial charge in [0.15, 0.2) is 5.82 Å². The number of carbonyl (C=O) groups is 1. The predicted molar refractivity (Wildman–Crippen MR) is 120 cm³/mol. The molecule has 0 unspecified atom stereocenters. The van der Waals surface area contributed by atoms with Crippen LogP contribution in [0, 0.1) is 6.92 Å². The van der Waals surface area contributed by atoms with E-state index >= 15 is 0 Å². The fourth-order valence-electron chi connectivity index (χ4n) is 3.17. The molecule has 0 spiro atoms. The number of rotatable bonds is 10. The maximum Gasteiger partial charge on any atom is 0.336 e. The van der Waals surface area contributed by atoms with Gasteiger partial charge < -0.3 is 10.1 Å². The second-order valence-electron chi connectivity index (χ2n) is 7.33. The van der Waals surface area contributed by atoms with Gasteiger partial charge in [0.2, 0.25) is 5.91 Å². The number of hydrogen-bond donors (Lipinski definition) is 1. The van der Waals surface area contributed by atoms with Crippen LogP contribution in [0.1, 0.15) is 51.5 Å². The summed E-state index contributed by atoms with van der Waals surface area (Å²) in [6.45, 7) is 6.63. The number of anilines is 1. The van der Waals surface area contributed by atoms with Crippen molar-refractivity contribution in [1.82, 2.24) is 14.8 Å². The van der Waals surface area contributed by atoms with E-state index in [1.165, 1.54) is 18.4 Å². The Morgan fingerprint density at radius 3 is 2.40 bits per heavy atom. The number of benzene rings is 2. The van der Waals surface area contributed by atoms with Crippen LogP contribution in [0.2, 0.25) is 0 Å². The van der Waals surface area contributed by atoms with Gasteiger partial charge in [-0.2, -0.15) is 4.98 Å². The van der Waals surface area contributed by atoms with E-state index in [4.69, 9.17) is 4.74 Å². The van der Waals surface area contributed by atoms with Crippen molar-refractivity contribution in [3.63, 3.8) is 0 Å². The van der Waals surface area contributed by atoms with Crippen LogP contribution in [-0.2, 0) is 4.79 Å². The molecule has 0 atom stereocenters. The smallest absolute Gasteiger partial charge is 0.336 e. The molecule has 1 heterocycles. The lowest BCUT2D eigenvalue weighted by Gasteiger charge is -2.09. The molecule has 0 aliphatic heterocycles. The first-order valence-electron chi connectivity index (χ1n) is 10.7. The van der Waals surface area contributed by atoms with Crippen LogP contribution >= 0.6 is 0 Å². The molecule has 1 amide bonds. The number of aryl methyl sites for hydroxylation is 1. The Balaban J connectivity index is 1.76. The molecule has 3 rings (SSSR count). The maximum absolute atomic E-state index is 12.1. The fourth-order valence-corrected chi connectivity index (χ4v) is 3.17. The minimum atomic E-state index is 0.0542. The zero-order chi connectivity index (χ0) is 21.3. The van der Waals surface area contributed by atoms with E-state index in [1.54, 1.807) is 4.68 Å². The van der Waals surface area contributed by atoms with Crippen LogP contribution in [0.25, 0.3) is 17.1 Å². The average molecular weight is 407 g/mol. The lowest BCUT2D eigenvalue weighted by molar-refractivity contribution is -0.116. The lowest BCUT2D eigenvalue weighted by Crippen LogP contribution is -2.11. The minimum absolute atomic E-state index is 0.0542. The summed E-state index contributed by atoms with van der Waals surface area (Å²) in [5.41, 5.74) is 3.78. The molecular formula is C24H30N4O2. The summed E-state index contributed by atoms with van der Waals surface area (Å²) in [5, 5.41) is 7.48. The number of nitrogens with zero attached hydrogens (tertiary/aromatic N) is 3. The predicted octanol–water partition coefficient (Wildman–Crippen LogP) is 5.55. The van der Waals surface area contributed by atoms with E-state index in [2.05, 4.69) is 29.2 Å². The molecule has 6 heteroatoms. The van der Waals surface area contributed by atoms with E-state index in [-0.39, 0.29) is 5.91 Å². The third-order valence-electron chi connectivity index (χ3n) is 4.82. The Bertz CT molecular complexity index is 946. The van der Waals surface area contributed by atoms with Gasteiger partial charge >= 0.3 is 6.01 Å². The largest absolute Gasteiger partial charge is 0.463 e. The lowest BCUT2D eigenvalue weighted by atomic mass is 10.1. The van der Waals surface area contributed by atoms with Crippen LogP contribution in [0.5, 0.6) is 6.01 Å². The first kappa shape index (κ1) is 21.6. The summed E-state index contributed by atoms with van der Waals surface area (Å²) < 4.78 is 7.29. The van der Waals surface area contributed by atoms with Crippen molar-refractivity contribution in [3.8, 4) is 23.1 Å². The van der Waals surface area contributed by atoms with E-state index in [0.717, 1.165) is 29.8 Å². The molecule has 1 N–H and O–H groups in total. The van der Waals surface area contributed by atoms with Gasteiger partial charge in [-0.05, 0) is 44.5 Å². The molecule has 0 aliphatic rings. The topological polar surface area (TPSA) is 69.0 Å². The molecule has 0 saturated carbocycles. The minimum Gasteiger partial charge on any atom is -0.463 e. The molecule has 6 nitrogen and oxygen atoms in total. The van der Waals surface area contributed by atoms with Gasteiger partial charge in [0.05, 0.1) is 12.3 Å². The van der Waals surface area contributed by atoms with Crippen molar-refractivity contribution in [2.24, 2.45) is 0 Å². The molecular weight excluding hydrogens is 376 g/mol. The zero-order valence-corrected chi connectivity index (χ0v) is 18.0. The van der Waals surface area contributed by atoms with E-state index < -0.39 is 0 Å². The highest BCUT2D eigenvalue weighted by Gasteiger charge is 2.14. The van der Waals surface area contributed by atoms with Crippen LogP contribution < -0.4 is 10.1 Å². The third kappa shape index (κ3) is 5.69. The summed E-state index contributed by atoms with van der Waals surface area (Å²) in [6.07, 6.45) is 4.92.